The van der Waals surface area contributed by atoms with E-state index in [0.717, 1.165) is 17.8 Å². The molecule has 1 aromatic rings. The van der Waals surface area contributed by atoms with E-state index in [1.807, 2.05) is 30.0 Å². The van der Waals surface area contributed by atoms with E-state index in [2.05, 4.69) is 17.6 Å². The van der Waals surface area contributed by atoms with Gasteiger partial charge in [0.25, 0.3) is 0 Å². The number of hydrogen-bond donors (Lipinski definition) is 2. The number of anilines is 1. The first kappa shape index (κ1) is 13.3. The van der Waals surface area contributed by atoms with E-state index in [9.17, 15) is 4.79 Å². The van der Waals surface area contributed by atoms with Gasteiger partial charge in [0, 0.05) is 23.4 Å². The van der Waals surface area contributed by atoms with Crippen LogP contribution < -0.4 is 5.32 Å². The van der Waals surface area contributed by atoms with Crippen molar-refractivity contribution in [3.8, 4) is 0 Å². The molecular formula is C14H19NO2S. The first-order valence-corrected chi connectivity index (χ1v) is 7.46. The monoisotopic (exact) mass is 265 g/mol. The molecule has 0 aliphatic heterocycles. The zero-order valence-electron chi connectivity index (χ0n) is 10.6. The summed E-state index contributed by atoms with van der Waals surface area (Å²) in [4.78, 5) is 10.5. The van der Waals surface area contributed by atoms with Crippen molar-refractivity contribution in [3.63, 3.8) is 0 Å². The van der Waals surface area contributed by atoms with Gasteiger partial charge in [-0.25, -0.2) is 0 Å². The van der Waals surface area contributed by atoms with Gasteiger partial charge in [-0.05, 0) is 43.2 Å². The average Bonchev–Trinajstić information content (AvgIpc) is 3.15. The average molecular weight is 265 g/mol. The Bertz CT molecular complexity index is 430. The summed E-state index contributed by atoms with van der Waals surface area (Å²) < 4.78 is 0.442. The van der Waals surface area contributed by atoms with Gasteiger partial charge in [0.2, 0.25) is 0 Å². The van der Waals surface area contributed by atoms with Gasteiger partial charge in [-0.3, -0.25) is 4.79 Å². The highest BCUT2D eigenvalue weighted by Crippen LogP contribution is 2.47. The van der Waals surface area contributed by atoms with Gasteiger partial charge in [0.15, 0.2) is 0 Å². The van der Waals surface area contributed by atoms with E-state index in [4.69, 9.17) is 5.11 Å². The molecule has 98 valence electrons. The smallest absolute Gasteiger partial charge is 0.303 e. The lowest BCUT2D eigenvalue weighted by Gasteiger charge is -2.14. The van der Waals surface area contributed by atoms with Crippen LogP contribution in [0.5, 0.6) is 0 Å². The predicted octanol–water partition coefficient (Wildman–Crippen LogP) is 3.01. The van der Waals surface area contributed by atoms with Crippen molar-refractivity contribution >= 4 is 23.4 Å². The Kier molecular flexibility index (Phi) is 4.17. The third kappa shape index (κ3) is 3.67. The molecule has 0 amide bonds. The number of nitrogens with one attached hydrogen (secondary N) is 1. The number of benzene rings is 1. The van der Waals surface area contributed by atoms with Crippen LogP contribution in [0.1, 0.15) is 24.8 Å². The molecule has 0 spiro atoms. The molecule has 0 aromatic heterocycles. The van der Waals surface area contributed by atoms with Crippen LogP contribution in [0.4, 0.5) is 5.69 Å². The molecule has 0 radical (unpaired) electrons. The molecule has 0 saturated heterocycles. The number of hydrogen-bond acceptors (Lipinski definition) is 3. The van der Waals surface area contributed by atoms with Crippen molar-refractivity contribution in [2.45, 2.75) is 30.4 Å². The van der Waals surface area contributed by atoms with Crippen LogP contribution in [-0.2, 0) is 11.2 Å². The fourth-order valence-corrected chi connectivity index (χ4v) is 2.67. The molecule has 1 aliphatic rings. The lowest BCUT2D eigenvalue weighted by Crippen LogP contribution is -2.17. The minimum absolute atomic E-state index is 0.193. The van der Waals surface area contributed by atoms with Gasteiger partial charge >= 0.3 is 5.97 Å². The van der Waals surface area contributed by atoms with E-state index in [-0.39, 0.29) is 6.42 Å². The number of thioether (sulfide) groups is 1. The summed E-state index contributed by atoms with van der Waals surface area (Å²) in [6.07, 6.45) is 5.54. The van der Waals surface area contributed by atoms with Crippen LogP contribution in [0.15, 0.2) is 24.3 Å². The summed E-state index contributed by atoms with van der Waals surface area (Å²) in [5.74, 6) is -0.743. The summed E-state index contributed by atoms with van der Waals surface area (Å²) >= 11 is 1.94. The van der Waals surface area contributed by atoms with Gasteiger partial charge in [0.1, 0.15) is 0 Å². The minimum Gasteiger partial charge on any atom is -0.481 e. The molecule has 18 heavy (non-hydrogen) atoms. The molecular weight excluding hydrogens is 246 g/mol. The van der Waals surface area contributed by atoms with Gasteiger partial charge < -0.3 is 10.4 Å². The number of aliphatic carboxylic acids is 1. The Hall–Kier alpha value is -1.16. The third-order valence-corrected chi connectivity index (χ3v) is 4.83. The molecule has 2 rings (SSSR count). The lowest BCUT2D eigenvalue weighted by molar-refractivity contribution is -0.136. The van der Waals surface area contributed by atoms with Crippen molar-refractivity contribution in [1.29, 1.82) is 0 Å². The molecule has 0 bridgehead atoms. The molecule has 0 heterocycles. The zero-order chi connectivity index (χ0) is 13.0. The quantitative estimate of drug-likeness (QED) is 0.795. The van der Waals surface area contributed by atoms with Crippen molar-refractivity contribution in [2.24, 2.45) is 0 Å². The maximum Gasteiger partial charge on any atom is 0.303 e. The van der Waals surface area contributed by atoms with E-state index in [1.54, 1.807) is 0 Å². The predicted molar refractivity (Wildman–Crippen MR) is 76.4 cm³/mol. The van der Waals surface area contributed by atoms with Crippen molar-refractivity contribution < 1.29 is 9.90 Å². The Labute approximate surface area is 112 Å². The van der Waals surface area contributed by atoms with Gasteiger partial charge in [-0.2, -0.15) is 11.8 Å². The molecule has 1 fully saturated rings. The van der Waals surface area contributed by atoms with E-state index < -0.39 is 5.97 Å². The number of rotatable bonds is 7. The Morgan fingerprint density at radius 1 is 1.50 bits per heavy atom. The van der Waals surface area contributed by atoms with Crippen molar-refractivity contribution in [3.05, 3.63) is 29.8 Å². The fourth-order valence-electron chi connectivity index (χ4n) is 1.94. The molecule has 2 N–H and O–H groups in total. The Balaban J connectivity index is 1.88. The summed E-state index contributed by atoms with van der Waals surface area (Å²) in [5.41, 5.74) is 2.18. The molecule has 3 nitrogen and oxygen atoms in total. The number of carbonyl (C=O) groups is 1. The number of aryl methyl sites for hydroxylation is 1. The Morgan fingerprint density at radius 2 is 2.28 bits per heavy atom. The highest BCUT2D eigenvalue weighted by Gasteiger charge is 2.41. The third-order valence-electron chi connectivity index (χ3n) is 3.41. The van der Waals surface area contributed by atoms with Crippen molar-refractivity contribution in [1.82, 2.24) is 0 Å². The van der Waals surface area contributed by atoms with Crippen LogP contribution >= 0.6 is 11.8 Å². The zero-order valence-corrected chi connectivity index (χ0v) is 11.4. The largest absolute Gasteiger partial charge is 0.481 e. The van der Waals surface area contributed by atoms with E-state index in [0.29, 0.717) is 11.2 Å². The van der Waals surface area contributed by atoms with Crippen molar-refractivity contribution in [2.75, 3.05) is 18.1 Å². The highest BCUT2D eigenvalue weighted by molar-refractivity contribution is 8.00. The first-order chi connectivity index (χ1) is 8.63. The van der Waals surface area contributed by atoms with Crippen LogP contribution in [-0.4, -0.2) is 28.6 Å². The molecule has 0 unspecified atom stereocenters. The van der Waals surface area contributed by atoms with Crippen LogP contribution in [0.3, 0.4) is 0 Å². The molecule has 1 aliphatic carbocycles. The van der Waals surface area contributed by atoms with Gasteiger partial charge in [0.05, 0.1) is 0 Å². The van der Waals surface area contributed by atoms with E-state index >= 15 is 0 Å². The minimum atomic E-state index is -0.743. The highest BCUT2D eigenvalue weighted by atomic mass is 32.2. The number of carboxylic acid groups (broad SMARTS) is 1. The second kappa shape index (κ2) is 5.65. The lowest BCUT2D eigenvalue weighted by atomic mass is 10.1. The summed E-state index contributed by atoms with van der Waals surface area (Å²) in [7, 11) is 0. The van der Waals surface area contributed by atoms with Crippen LogP contribution in [0.25, 0.3) is 0 Å². The van der Waals surface area contributed by atoms with Crippen LogP contribution in [0, 0.1) is 0 Å². The second-order valence-electron chi connectivity index (χ2n) is 4.83. The molecule has 1 aromatic carbocycles. The summed E-state index contributed by atoms with van der Waals surface area (Å²) in [5, 5.41) is 12.1. The number of carboxylic acids is 1. The second-order valence-corrected chi connectivity index (χ2v) is 6.11. The standard InChI is InChI=1S/C14H19NO2S/c1-18-14(7-8-14)10-15-12-4-2-3-11(9-12)5-6-13(16)17/h2-4,9,15H,5-8,10H2,1H3,(H,16,17). The Morgan fingerprint density at radius 3 is 2.89 bits per heavy atom. The summed E-state index contributed by atoms with van der Waals surface area (Å²) in [6.45, 7) is 0.997. The molecule has 4 heteroatoms. The normalized spacial score (nSPS) is 16.3. The first-order valence-electron chi connectivity index (χ1n) is 6.23. The molecule has 0 atom stereocenters. The van der Waals surface area contributed by atoms with Gasteiger partial charge in [-0.1, -0.05) is 12.1 Å². The topological polar surface area (TPSA) is 49.3 Å². The fraction of sp³-hybridized carbons (Fsp3) is 0.500. The van der Waals surface area contributed by atoms with Gasteiger partial charge in [-0.15, -0.1) is 0 Å². The molecule has 1 saturated carbocycles. The maximum absolute atomic E-state index is 10.5. The maximum atomic E-state index is 10.5. The summed E-state index contributed by atoms with van der Waals surface area (Å²) in [6, 6.07) is 8.06. The van der Waals surface area contributed by atoms with E-state index in [1.165, 1.54) is 12.8 Å². The van der Waals surface area contributed by atoms with Crippen LogP contribution in [0.2, 0.25) is 0 Å². The SMILES string of the molecule is CSC1(CNc2cccc(CCC(=O)O)c2)CC1.